The van der Waals surface area contributed by atoms with Gasteiger partial charge in [-0.1, -0.05) is 18.2 Å². The lowest BCUT2D eigenvalue weighted by Gasteiger charge is -2.20. The first-order valence-corrected chi connectivity index (χ1v) is 9.06. The number of rotatable bonds is 7. The van der Waals surface area contributed by atoms with Crippen molar-refractivity contribution in [3.05, 3.63) is 35.4 Å². The molecule has 1 aromatic rings. The standard InChI is InChI=1S/C16H24O5S/c1-16(2,3)21-15(17)14-11-6-5-9-13(14)10-7-8-12-20-22(4,18)19/h5-6,9,11H,7-8,10,12H2,1-4H3. The molecule has 0 heterocycles. The van der Waals surface area contributed by atoms with Crippen LogP contribution in [0, 0.1) is 0 Å². The van der Waals surface area contributed by atoms with Crippen molar-refractivity contribution in [3.63, 3.8) is 0 Å². The van der Waals surface area contributed by atoms with E-state index in [0.29, 0.717) is 18.4 Å². The molecule has 124 valence electrons. The third-order valence-corrected chi connectivity index (χ3v) is 3.37. The van der Waals surface area contributed by atoms with Crippen molar-refractivity contribution in [3.8, 4) is 0 Å². The Morgan fingerprint density at radius 2 is 1.77 bits per heavy atom. The highest BCUT2D eigenvalue weighted by molar-refractivity contribution is 7.85. The third-order valence-electron chi connectivity index (χ3n) is 2.77. The Hall–Kier alpha value is -1.40. The first kappa shape index (κ1) is 18.6. The van der Waals surface area contributed by atoms with E-state index in [1.54, 1.807) is 12.1 Å². The number of benzene rings is 1. The quantitative estimate of drug-likeness (QED) is 0.437. The maximum Gasteiger partial charge on any atom is 0.338 e. The van der Waals surface area contributed by atoms with Crippen LogP contribution in [0.5, 0.6) is 0 Å². The number of ether oxygens (including phenoxy) is 1. The van der Waals surface area contributed by atoms with Crippen molar-refractivity contribution in [1.29, 1.82) is 0 Å². The van der Waals surface area contributed by atoms with Gasteiger partial charge in [0.05, 0.1) is 18.4 Å². The molecule has 0 aromatic heterocycles. The largest absolute Gasteiger partial charge is 0.456 e. The maximum atomic E-state index is 12.2. The number of hydrogen-bond acceptors (Lipinski definition) is 5. The van der Waals surface area contributed by atoms with Crippen molar-refractivity contribution in [2.24, 2.45) is 0 Å². The Labute approximate surface area is 132 Å². The molecule has 0 N–H and O–H groups in total. The smallest absolute Gasteiger partial charge is 0.338 e. The van der Waals surface area contributed by atoms with Gasteiger partial charge in [0, 0.05) is 0 Å². The van der Waals surface area contributed by atoms with Crippen LogP contribution in [0.2, 0.25) is 0 Å². The van der Waals surface area contributed by atoms with Crippen LogP contribution >= 0.6 is 0 Å². The minimum absolute atomic E-state index is 0.160. The van der Waals surface area contributed by atoms with Gasteiger partial charge in [-0.15, -0.1) is 0 Å². The van der Waals surface area contributed by atoms with E-state index in [2.05, 4.69) is 0 Å². The zero-order valence-corrected chi connectivity index (χ0v) is 14.4. The molecule has 0 unspecified atom stereocenters. The van der Waals surface area contributed by atoms with Gasteiger partial charge in [-0.25, -0.2) is 4.79 Å². The predicted octanol–water partition coefficient (Wildman–Crippen LogP) is 2.94. The second-order valence-corrected chi connectivity index (χ2v) is 7.79. The maximum absolute atomic E-state index is 12.2. The molecule has 0 bridgehead atoms. The van der Waals surface area contributed by atoms with Crippen LogP contribution in [0.25, 0.3) is 0 Å². The van der Waals surface area contributed by atoms with Crippen LogP contribution in [0.1, 0.15) is 49.5 Å². The summed E-state index contributed by atoms with van der Waals surface area (Å²) < 4.78 is 31.8. The van der Waals surface area contributed by atoms with Crippen LogP contribution in [-0.2, 0) is 25.5 Å². The number of unbranched alkanes of at least 4 members (excludes halogenated alkanes) is 1. The SMILES string of the molecule is CC(C)(C)OC(=O)c1ccccc1CCCCOS(C)(=O)=O. The van der Waals surface area contributed by atoms with Gasteiger partial charge in [0.15, 0.2) is 0 Å². The lowest BCUT2D eigenvalue weighted by Crippen LogP contribution is -2.24. The summed E-state index contributed by atoms with van der Waals surface area (Å²) in [6, 6.07) is 7.30. The van der Waals surface area contributed by atoms with E-state index in [1.165, 1.54) is 0 Å². The van der Waals surface area contributed by atoms with Crippen molar-refractivity contribution < 1.29 is 22.1 Å². The van der Waals surface area contributed by atoms with E-state index in [1.807, 2.05) is 32.9 Å². The molecule has 0 saturated carbocycles. The molecule has 0 amide bonds. The monoisotopic (exact) mass is 328 g/mol. The fourth-order valence-electron chi connectivity index (χ4n) is 1.90. The third kappa shape index (κ3) is 7.56. The highest BCUT2D eigenvalue weighted by Crippen LogP contribution is 2.17. The molecule has 0 aliphatic heterocycles. The summed E-state index contributed by atoms with van der Waals surface area (Å²) in [6.45, 7) is 5.65. The Balaban J connectivity index is 2.59. The Bertz CT molecular complexity index is 599. The molecule has 5 nitrogen and oxygen atoms in total. The van der Waals surface area contributed by atoms with Gasteiger partial charge in [0.2, 0.25) is 0 Å². The van der Waals surface area contributed by atoms with Crippen LogP contribution in [-0.4, -0.2) is 32.9 Å². The summed E-state index contributed by atoms with van der Waals surface area (Å²) in [5.74, 6) is -0.338. The van der Waals surface area contributed by atoms with Crippen LogP contribution in [0.4, 0.5) is 0 Å². The lowest BCUT2D eigenvalue weighted by molar-refractivity contribution is 0.00683. The van der Waals surface area contributed by atoms with Gasteiger partial charge in [-0.2, -0.15) is 8.42 Å². The highest BCUT2D eigenvalue weighted by atomic mass is 32.2. The second kappa shape index (κ2) is 7.74. The molecule has 1 rings (SSSR count). The molecule has 0 aliphatic carbocycles. The van der Waals surface area contributed by atoms with Gasteiger partial charge in [0.25, 0.3) is 10.1 Å². The molecule has 0 fully saturated rings. The molecule has 0 spiro atoms. The number of hydrogen-bond donors (Lipinski definition) is 0. The molecule has 0 radical (unpaired) electrons. The Morgan fingerprint density at radius 1 is 1.14 bits per heavy atom. The van der Waals surface area contributed by atoms with Crippen LogP contribution < -0.4 is 0 Å². The normalized spacial score (nSPS) is 12.2. The minimum Gasteiger partial charge on any atom is -0.456 e. The summed E-state index contributed by atoms with van der Waals surface area (Å²) in [5.41, 5.74) is 0.922. The summed E-state index contributed by atoms with van der Waals surface area (Å²) in [4.78, 5) is 12.2. The van der Waals surface area contributed by atoms with Gasteiger partial charge < -0.3 is 4.74 Å². The Morgan fingerprint density at radius 3 is 2.36 bits per heavy atom. The summed E-state index contributed by atoms with van der Waals surface area (Å²) in [7, 11) is -3.39. The van der Waals surface area contributed by atoms with E-state index < -0.39 is 15.7 Å². The van der Waals surface area contributed by atoms with Crippen molar-refractivity contribution in [1.82, 2.24) is 0 Å². The fraction of sp³-hybridized carbons (Fsp3) is 0.562. The van der Waals surface area contributed by atoms with E-state index in [0.717, 1.165) is 18.2 Å². The van der Waals surface area contributed by atoms with Crippen LogP contribution in [0.3, 0.4) is 0 Å². The molecule has 0 atom stereocenters. The average molecular weight is 328 g/mol. The molecule has 1 aromatic carbocycles. The van der Waals surface area contributed by atoms with E-state index in [4.69, 9.17) is 8.92 Å². The van der Waals surface area contributed by atoms with Gasteiger partial charge >= 0.3 is 5.97 Å². The average Bonchev–Trinajstić information content (AvgIpc) is 2.35. The number of esters is 1. The number of carbonyl (C=O) groups excluding carboxylic acids is 1. The van der Waals surface area contributed by atoms with E-state index >= 15 is 0 Å². The summed E-state index contributed by atoms with van der Waals surface area (Å²) in [6.07, 6.45) is 3.04. The molecular formula is C16H24O5S. The second-order valence-electron chi connectivity index (χ2n) is 6.14. The minimum atomic E-state index is -3.39. The first-order valence-electron chi connectivity index (χ1n) is 7.24. The molecule has 6 heteroatoms. The van der Waals surface area contributed by atoms with E-state index in [-0.39, 0.29) is 12.6 Å². The van der Waals surface area contributed by atoms with Crippen molar-refractivity contribution in [2.75, 3.05) is 12.9 Å². The van der Waals surface area contributed by atoms with Crippen LogP contribution in [0.15, 0.2) is 24.3 Å². The molecule has 22 heavy (non-hydrogen) atoms. The molecule has 0 saturated heterocycles. The van der Waals surface area contributed by atoms with Gasteiger partial charge in [0.1, 0.15) is 5.60 Å². The van der Waals surface area contributed by atoms with Crippen molar-refractivity contribution in [2.45, 2.75) is 45.6 Å². The lowest BCUT2D eigenvalue weighted by atomic mass is 10.0. The summed E-state index contributed by atoms with van der Waals surface area (Å²) >= 11 is 0. The molecule has 0 aliphatic rings. The zero-order chi connectivity index (χ0) is 16.8. The van der Waals surface area contributed by atoms with Crippen molar-refractivity contribution >= 4 is 16.1 Å². The highest BCUT2D eigenvalue weighted by Gasteiger charge is 2.19. The fourth-order valence-corrected chi connectivity index (χ4v) is 2.32. The van der Waals surface area contributed by atoms with Gasteiger partial charge in [-0.05, 0) is 51.7 Å². The predicted molar refractivity (Wildman–Crippen MR) is 85.3 cm³/mol. The number of aryl methyl sites for hydroxylation is 1. The Kier molecular flexibility index (Phi) is 6.56. The topological polar surface area (TPSA) is 69.7 Å². The van der Waals surface area contributed by atoms with E-state index in [9.17, 15) is 13.2 Å². The molecular weight excluding hydrogens is 304 g/mol. The van der Waals surface area contributed by atoms with Gasteiger partial charge in [-0.3, -0.25) is 4.18 Å². The summed E-state index contributed by atoms with van der Waals surface area (Å²) in [5, 5.41) is 0. The number of carbonyl (C=O) groups is 1. The first-order chi connectivity index (χ1) is 10.1. The zero-order valence-electron chi connectivity index (χ0n) is 13.6.